The van der Waals surface area contributed by atoms with Gasteiger partial charge in [0.1, 0.15) is 11.9 Å². The van der Waals surface area contributed by atoms with E-state index in [4.69, 9.17) is 13.9 Å². The number of furan rings is 1. The number of benzene rings is 1. The Hall–Kier alpha value is -3.66. The molecule has 0 spiro atoms. The minimum atomic E-state index is -0.192. The Kier molecular flexibility index (Phi) is 5.36. The van der Waals surface area contributed by atoms with Crippen LogP contribution in [-0.2, 0) is 17.9 Å². The van der Waals surface area contributed by atoms with Crippen molar-refractivity contribution >= 4 is 11.8 Å². The highest BCUT2D eigenvalue weighted by molar-refractivity contribution is 5.94. The zero-order valence-electron chi connectivity index (χ0n) is 17.6. The molecule has 1 saturated heterocycles. The van der Waals surface area contributed by atoms with E-state index >= 15 is 0 Å². The number of methoxy groups -OCH3 is 1. The van der Waals surface area contributed by atoms with Crippen LogP contribution in [0.15, 0.2) is 47.1 Å². The Morgan fingerprint density at radius 2 is 1.75 bits per heavy atom. The van der Waals surface area contributed by atoms with Crippen molar-refractivity contribution < 1.29 is 23.5 Å². The molecule has 2 aliphatic heterocycles. The van der Waals surface area contributed by atoms with Gasteiger partial charge >= 0.3 is 0 Å². The van der Waals surface area contributed by atoms with Crippen LogP contribution in [0.1, 0.15) is 38.4 Å². The fraction of sp³-hybridized carbons (Fsp3) is 0.364. The molecule has 1 aromatic carbocycles. The number of hydrogen-bond donors (Lipinski definition) is 0. The van der Waals surface area contributed by atoms with Crippen LogP contribution >= 0.6 is 0 Å². The average Bonchev–Trinajstić information content (AvgIpc) is 3.53. The monoisotopic (exact) mass is 437 g/mol. The fourth-order valence-corrected chi connectivity index (χ4v) is 4.02. The van der Waals surface area contributed by atoms with Gasteiger partial charge in [0.2, 0.25) is 0 Å². The molecule has 1 fully saturated rings. The number of amides is 2. The van der Waals surface area contributed by atoms with Gasteiger partial charge in [0.25, 0.3) is 11.8 Å². The maximum Gasteiger partial charge on any atom is 0.289 e. The van der Waals surface area contributed by atoms with Gasteiger partial charge in [-0.2, -0.15) is 0 Å². The Morgan fingerprint density at radius 3 is 2.41 bits per heavy atom. The lowest BCUT2D eigenvalue weighted by molar-refractivity contribution is -0.00205. The molecule has 32 heavy (non-hydrogen) atoms. The van der Waals surface area contributed by atoms with Crippen LogP contribution in [0.3, 0.4) is 0 Å². The number of aromatic nitrogens is 3. The van der Waals surface area contributed by atoms with Crippen LogP contribution in [0.2, 0.25) is 0 Å². The van der Waals surface area contributed by atoms with Crippen molar-refractivity contribution in [2.75, 3.05) is 33.3 Å². The first-order valence-corrected chi connectivity index (χ1v) is 10.4. The van der Waals surface area contributed by atoms with Crippen LogP contribution in [-0.4, -0.2) is 69.9 Å². The number of piperazine rings is 1. The van der Waals surface area contributed by atoms with Crippen LogP contribution in [0, 0.1) is 0 Å². The van der Waals surface area contributed by atoms with E-state index in [2.05, 4.69) is 10.3 Å². The predicted octanol–water partition coefficient (Wildman–Crippen LogP) is 1.75. The molecule has 2 aliphatic rings. The molecule has 0 saturated carbocycles. The van der Waals surface area contributed by atoms with Gasteiger partial charge in [-0.05, 0) is 29.8 Å². The van der Waals surface area contributed by atoms with E-state index in [-0.39, 0.29) is 24.5 Å². The molecular weight excluding hydrogens is 414 g/mol. The first kappa shape index (κ1) is 20.3. The lowest BCUT2D eigenvalue weighted by Gasteiger charge is -2.34. The third-order valence-electron chi connectivity index (χ3n) is 5.87. The standard InChI is InChI=1S/C22H23N5O5/c1-30-16-6-4-15(5-7-16)19-13-27-17(14-32-19)20(23-24-27)22(29)26-10-8-25(9-11-26)21(28)18-3-2-12-31-18/h2-7,12,19H,8-11,13-14H2,1H3/t19-/m1/s1. The van der Waals surface area contributed by atoms with Gasteiger partial charge in [-0.15, -0.1) is 5.10 Å². The minimum absolute atomic E-state index is 0.166. The van der Waals surface area contributed by atoms with E-state index in [9.17, 15) is 9.59 Å². The third kappa shape index (κ3) is 3.73. The van der Waals surface area contributed by atoms with Gasteiger partial charge in [0.15, 0.2) is 11.5 Å². The zero-order valence-corrected chi connectivity index (χ0v) is 17.6. The van der Waals surface area contributed by atoms with Crippen LogP contribution in [0.4, 0.5) is 0 Å². The molecule has 5 rings (SSSR count). The average molecular weight is 437 g/mol. The molecule has 2 amide bonds. The molecule has 2 aromatic heterocycles. The zero-order chi connectivity index (χ0) is 22.1. The second-order valence-corrected chi connectivity index (χ2v) is 7.70. The molecule has 0 aliphatic carbocycles. The molecule has 1 atom stereocenters. The largest absolute Gasteiger partial charge is 0.497 e. The van der Waals surface area contributed by atoms with E-state index in [1.165, 1.54) is 6.26 Å². The number of fused-ring (bicyclic) bond motifs is 1. The van der Waals surface area contributed by atoms with Crippen molar-refractivity contribution in [3.8, 4) is 5.75 Å². The summed E-state index contributed by atoms with van der Waals surface area (Å²) in [6, 6.07) is 11.0. The normalized spacial score (nSPS) is 18.3. The number of carbonyl (C=O) groups is 2. The van der Waals surface area contributed by atoms with Gasteiger partial charge < -0.3 is 23.7 Å². The smallest absolute Gasteiger partial charge is 0.289 e. The summed E-state index contributed by atoms with van der Waals surface area (Å²) >= 11 is 0. The van der Waals surface area contributed by atoms with Crippen molar-refractivity contribution in [1.29, 1.82) is 0 Å². The Balaban J connectivity index is 1.23. The quantitative estimate of drug-likeness (QED) is 0.613. The highest BCUT2D eigenvalue weighted by atomic mass is 16.5. The maximum absolute atomic E-state index is 13.1. The summed E-state index contributed by atoms with van der Waals surface area (Å²) < 4.78 is 18.1. The van der Waals surface area contributed by atoms with E-state index in [0.717, 1.165) is 11.3 Å². The second kappa shape index (κ2) is 8.46. The van der Waals surface area contributed by atoms with Gasteiger partial charge in [0, 0.05) is 26.2 Å². The summed E-state index contributed by atoms with van der Waals surface area (Å²) in [5.74, 6) is 0.731. The van der Waals surface area contributed by atoms with Gasteiger partial charge in [-0.3, -0.25) is 9.59 Å². The Labute approximate surface area is 184 Å². The number of ether oxygens (including phenoxy) is 2. The lowest BCUT2D eigenvalue weighted by atomic mass is 10.1. The first-order valence-electron chi connectivity index (χ1n) is 10.4. The Bertz CT molecular complexity index is 1100. The van der Waals surface area contributed by atoms with Crippen molar-refractivity contribution in [3.05, 3.63) is 65.4 Å². The van der Waals surface area contributed by atoms with Gasteiger partial charge in [-0.25, -0.2) is 4.68 Å². The molecule has 0 bridgehead atoms. The molecule has 0 unspecified atom stereocenters. The second-order valence-electron chi connectivity index (χ2n) is 7.70. The number of carbonyl (C=O) groups excluding carboxylic acids is 2. The topological polar surface area (TPSA) is 103 Å². The van der Waals surface area contributed by atoms with Gasteiger partial charge in [0.05, 0.1) is 32.2 Å². The molecule has 166 valence electrons. The first-order chi connectivity index (χ1) is 15.6. The van der Waals surface area contributed by atoms with Crippen molar-refractivity contribution in [1.82, 2.24) is 24.8 Å². The predicted molar refractivity (Wildman–Crippen MR) is 111 cm³/mol. The number of rotatable bonds is 4. The highest BCUT2D eigenvalue weighted by Gasteiger charge is 2.32. The van der Waals surface area contributed by atoms with Crippen LogP contribution in [0.5, 0.6) is 5.75 Å². The molecule has 10 heteroatoms. The van der Waals surface area contributed by atoms with Crippen LogP contribution in [0.25, 0.3) is 0 Å². The summed E-state index contributed by atoms with van der Waals surface area (Å²) in [7, 11) is 1.63. The third-order valence-corrected chi connectivity index (χ3v) is 5.87. The molecule has 0 radical (unpaired) electrons. The van der Waals surface area contributed by atoms with Crippen LogP contribution < -0.4 is 4.74 Å². The molecule has 4 heterocycles. The molecule has 10 nitrogen and oxygen atoms in total. The number of nitrogens with zero attached hydrogens (tertiary/aromatic N) is 5. The summed E-state index contributed by atoms with van der Waals surface area (Å²) in [5, 5.41) is 8.35. The Morgan fingerprint density at radius 1 is 1.03 bits per heavy atom. The highest BCUT2D eigenvalue weighted by Crippen LogP contribution is 2.28. The van der Waals surface area contributed by atoms with Crippen molar-refractivity contribution in [2.24, 2.45) is 0 Å². The molecular formula is C22H23N5O5. The maximum atomic E-state index is 13.1. The summed E-state index contributed by atoms with van der Waals surface area (Å²) in [6.45, 7) is 2.45. The van der Waals surface area contributed by atoms with E-state index in [0.29, 0.717) is 49.9 Å². The minimum Gasteiger partial charge on any atom is -0.497 e. The van der Waals surface area contributed by atoms with Gasteiger partial charge in [-0.1, -0.05) is 17.3 Å². The lowest BCUT2D eigenvalue weighted by Crippen LogP contribution is -2.50. The fourth-order valence-electron chi connectivity index (χ4n) is 4.02. The SMILES string of the molecule is COc1ccc([C@H]2Cn3nnc(C(=O)N4CCN(C(=O)c5ccco5)CC4)c3CO2)cc1. The van der Waals surface area contributed by atoms with E-state index in [1.807, 2.05) is 24.3 Å². The summed E-state index contributed by atoms with van der Waals surface area (Å²) in [6.07, 6.45) is 1.30. The van der Waals surface area contributed by atoms with E-state index < -0.39 is 0 Å². The summed E-state index contributed by atoms with van der Waals surface area (Å²) in [5.41, 5.74) is 2.00. The summed E-state index contributed by atoms with van der Waals surface area (Å²) in [4.78, 5) is 28.9. The number of hydrogen-bond acceptors (Lipinski definition) is 7. The van der Waals surface area contributed by atoms with Crippen molar-refractivity contribution in [2.45, 2.75) is 19.3 Å². The molecule has 0 N–H and O–H groups in total. The van der Waals surface area contributed by atoms with Crippen molar-refractivity contribution in [3.63, 3.8) is 0 Å². The van der Waals surface area contributed by atoms with E-state index in [1.54, 1.807) is 33.7 Å². The molecule has 3 aromatic rings.